The molecule has 1 aromatic carbocycles. The lowest BCUT2D eigenvalue weighted by Crippen LogP contribution is -2.41. The normalized spacial score (nSPS) is 14.1. The van der Waals surface area contributed by atoms with Crippen molar-refractivity contribution in [2.24, 2.45) is 0 Å². The molecule has 0 aliphatic carbocycles. The third kappa shape index (κ3) is 3.05. The zero-order valence-electron chi connectivity index (χ0n) is 10.5. The van der Waals surface area contributed by atoms with E-state index in [1.54, 1.807) is 19.1 Å². The average Bonchev–Trinajstić information content (AvgIpc) is 2.38. The number of aliphatic hydroxyl groups is 1. The van der Waals surface area contributed by atoms with Gasteiger partial charge in [-0.2, -0.15) is 0 Å². The van der Waals surface area contributed by atoms with E-state index in [4.69, 9.17) is 9.84 Å². The second kappa shape index (κ2) is 5.80. The summed E-state index contributed by atoms with van der Waals surface area (Å²) < 4.78 is 5.22. The molecule has 1 aromatic rings. The molecule has 0 bridgehead atoms. The standard InChI is InChI=1S/C13H19NO3/c1-4-13(2,17-3)12(16)14-11-8-6-5-7-10(11)9-15/h5-8,15H,4,9H2,1-3H3,(H,14,16). The summed E-state index contributed by atoms with van der Waals surface area (Å²) in [7, 11) is 1.51. The molecule has 94 valence electrons. The van der Waals surface area contributed by atoms with Crippen LogP contribution >= 0.6 is 0 Å². The molecule has 0 aliphatic heterocycles. The fourth-order valence-electron chi connectivity index (χ4n) is 1.43. The molecule has 0 aliphatic rings. The van der Waals surface area contributed by atoms with E-state index in [0.717, 1.165) is 0 Å². The fraction of sp³-hybridized carbons (Fsp3) is 0.462. The van der Waals surface area contributed by atoms with Crippen LogP contribution in [0.1, 0.15) is 25.8 Å². The van der Waals surface area contributed by atoms with Crippen molar-refractivity contribution in [1.29, 1.82) is 0 Å². The molecule has 1 unspecified atom stereocenters. The highest BCUT2D eigenvalue weighted by molar-refractivity contribution is 5.97. The number of carbonyl (C=O) groups is 1. The first-order chi connectivity index (χ1) is 8.07. The number of rotatable bonds is 5. The van der Waals surface area contributed by atoms with Crippen LogP contribution in [0.25, 0.3) is 0 Å². The van der Waals surface area contributed by atoms with Gasteiger partial charge in [-0.05, 0) is 19.4 Å². The topological polar surface area (TPSA) is 58.6 Å². The molecule has 1 atom stereocenters. The Balaban J connectivity index is 2.87. The molecule has 4 nitrogen and oxygen atoms in total. The molecule has 0 saturated heterocycles. The number of amides is 1. The van der Waals surface area contributed by atoms with Gasteiger partial charge in [-0.3, -0.25) is 4.79 Å². The molecule has 17 heavy (non-hydrogen) atoms. The molecule has 4 heteroatoms. The van der Waals surface area contributed by atoms with Gasteiger partial charge in [0.25, 0.3) is 5.91 Å². The van der Waals surface area contributed by atoms with Gasteiger partial charge >= 0.3 is 0 Å². The number of hydrogen-bond donors (Lipinski definition) is 2. The highest BCUT2D eigenvalue weighted by Crippen LogP contribution is 2.20. The van der Waals surface area contributed by atoms with E-state index in [1.165, 1.54) is 7.11 Å². The highest BCUT2D eigenvalue weighted by atomic mass is 16.5. The molecular weight excluding hydrogens is 218 g/mol. The Bertz CT molecular complexity index is 386. The zero-order chi connectivity index (χ0) is 12.9. The maximum Gasteiger partial charge on any atom is 0.256 e. The van der Waals surface area contributed by atoms with Crippen LogP contribution in [0.4, 0.5) is 5.69 Å². The van der Waals surface area contributed by atoms with Gasteiger partial charge in [0.2, 0.25) is 0 Å². The quantitative estimate of drug-likeness (QED) is 0.822. The van der Waals surface area contributed by atoms with E-state index in [2.05, 4.69) is 5.32 Å². The first-order valence-electron chi connectivity index (χ1n) is 5.62. The molecule has 0 spiro atoms. The minimum atomic E-state index is -0.845. The van der Waals surface area contributed by atoms with E-state index in [0.29, 0.717) is 17.7 Å². The number of hydrogen-bond acceptors (Lipinski definition) is 3. The van der Waals surface area contributed by atoms with Crippen LogP contribution in [0.2, 0.25) is 0 Å². The first kappa shape index (κ1) is 13.7. The van der Waals surface area contributed by atoms with Gasteiger partial charge < -0.3 is 15.2 Å². The summed E-state index contributed by atoms with van der Waals surface area (Å²) >= 11 is 0. The lowest BCUT2D eigenvalue weighted by atomic mass is 10.0. The van der Waals surface area contributed by atoms with Crippen LogP contribution < -0.4 is 5.32 Å². The Labute approximate surface area is 102 Å². The van der Waals surface area contributed by atoms with Crippen molar-refractivity contribution in [2.75, 3.05) is 12.4 Å². The maximum atomic E-state index is 12.0. The Morgan fingerprint density at radius 3 is 2.65 bits per heavy atom. The van der Waals surface area contributed by atoms with Gasteiger partial charge in [-0.25, -0.2) is 0 Å². The van der Waals surface area contributed by atoms with Crippen LogP contribution in [0.5, 0.6) is 0 Å². The minimum absolute atomic E-state index is 0.105. The van der Waals surface area contributed by atoms with Crippen molar-refractivity contribution in [3.63, 3.8) is 0 Å². The lowest BCUT2D eigenvalue weighted by Gasteiger charge is -2.25. The number of anilines is 1. The summed E-state index contributed by atoms with van der Waals surface area (Å²) in [6.45, 7) is 3.52. The fourth-order valence-corrected chi connectivity index (χ4v) is 1.43. The summed E-state index contributed by atoms with van der Waals surface area (Å²) in [6.07, 6.45) is 0.580. The highest BCUT2D eigenvalue weighted by Gasteiger charge is 2.31. The van der Waals surface area contributed by atoms with Gasteiger partial charge in [-0.1, -0.05) is 25.1 Å². The second-order valence-electron chi connectivity index (χ2n) is 4.06. The largest absolute Gasteiger partial charge is 0.392 e. The summed E-state index contributed by atoms with van der Waals surface area (Å²) in [6, 6.07) is 7.16. The lowest BCUT2D eigenvalue weighted by molar-refractivity contribution is -0.136. The molecular formula is C13H19NO3. The predicted molar refractivity (Wildman–Crippen MR) is 66.7 cm³/mol. The molecule has 0 saturated carbocycles. The van der Waals surface area contributed by atoms with E-state index < -0.39 is 5.60 Å². The molecule has 0 radical (unpaired) electrons. The maximum absolute atomic E-state index is 12.0. The van der Waals surface area contributed by atoms with Crippen LogP contribution in [0.15, 0.2) is 24.3 Å². The van der Waals surface area contributed by atoms with E-state index in [9.17, 15) is 4.79 Å². The molecule has 2 N–H and O–H groups in total. The predicted octanol–water partition coefficient (Wildman–Crippen LogP) is 1.93. The van der Waals surface area contributed by atoms with Crippen molar-refractivity contribution < 1.29 is 14.6 Å². The number of aliphatic hydroxyl groups excluding tert-OH is 1. The van der Waals surface area contributed by atoms with Crippen molar-refractivity contribution in [3.05, 3.63) is 29.8 Å². The molecule has 1 rings (SSSR count). The third-order valence-electron chi connectivity index (χ3n) is 3.04. The number of methoxy groups -OCH3 is 1. The van der Waals surface area contributed by atoms with Gasteiger partial charge in [0.1, 0.15) is 5.60 Å². The Morgan fingerprint density at radius 1 is 1.47 bits per heavy atom. The molecule has 0 aromatic heterocycles. The number of benzene rings is 1. The van der Waals surface area contributed by atoms with Crippen LogP contribution in [0, 0.1) is 0 Å². The summed E-state index contributed by atoms with van der Waals surface area (Å²) in [4.78, 5) is 12.0. The van der Waals surface area contributed by atoms with E-state index in [-0.39, 0.29) is 12.5 Å². The first-order valence-corrected chi connectivity index (χ1v) is 5.62. The zero-order valence-corrected chi connectivity index (χ0v) is 10.5. The van der Waals surface area contributed by atoms with Gasteiger partial charge in [-0.15, -0.1) is 0 Å². The SMILES string of the molecule is CCC(C)(OC)C(=O)Nc1ccccc1CO. The smallest absolute Gasteiger partial charge is 0.256 e. The summed E-state index contributed by atoms with van der Waals surface area (Å²) in [5.41, 5.74) is 0.467. The van der Waals surface area contributed by atoms with E-state index in [1.807, 2.05) is 19.1 Å². The number of nitrogens with one attached hydrogen (secondary N) is 1. The second-order valence-corrected chi connectivity index (χ2v) is 4.06. The Hall–Kier alpha value is -1.39. The van der Waals surface area contributed by atoms with Crippen molar-refractivity contribution in [2.45, 2.75) is 32.5 Å². The Kier molecular flexibility index (Phi) is 4.66. The van der Waals surface area contributed by atoms with Crippen LogP contribution in [-0.4, -0.2) is 23.7 Å². The monoisotopic (exact) mass is 237 g/mol. The van der Waals surface area contributed by atoms with Crippen molar-refractivity contribution >= 4 is 11.6 Å². The van der Waals surface area contributed by atoms with Gasteiger partial charge in [0, 0.05) is 18.4 Å². The minimum Gasteiger partial charge on any atom is -0.392 e. The number of ether oxygens (including phenoxy) is 1. The van der Waals surface area contributed by atoms with Crippen LogP contribution in [0.3, 0.4) is 0 Å². The molecule has 1 amide bonds. The summed E-state index contributed by atoms with van der Waals surface area (Å²) in [5.74, 6) is -0.205. The van der Waals surface area contributed by atoms with Gasteiger partial charge in [0.15, 0.2) is 0 Å². The molecule has 0 heterocycles. The van der Waals surface area contributed by atoms with Crippen LogP contribution in [-0.2, 0) is 16.1 Å². The Morgan fingerprint density at radius 2 is 2.12 bits per heavy atom. The number of para-hydroxylation sites is 1. The van der Waals surface area contributed by atoms with Crippen molar-refractivity contribution in [3.8, 4) is 0 Å². The molecule has 0 fully saturated rings. The van der Waals surface area contributed by atoms with E-state index >= 15 is 0 Å². The van der Waals surface area contributed by atoms with Gasteiger partial charge in [0.05, 0.1) is 6.61 Å². The number of carbonyl (C=O) groups excluding carboxylic acids is 1. The third-order valence-corrected chi connectivity index (χ3v) is 3.04. The summed E-state index contributed by atoms with van der Waals surface area (Å²) in [5, 5.41) is 11.9. The average molecular weight is 237 g/mol. The van der Waals surface area contributed by atoms with Crippen molar-refractivity contribution in [1.82, 2.24) is 0 Å².